The van der Waals surface area contributed by atoms with E-state index in [2.05, 4.69) is 5.10 Å². The second kappa shape index (κ2) is 7.01. The molecule has 2 aromatic heterocycles. The monoisotopic (exact) mass is 381 g/mol. The number of aliphatic hydroxyl groups excluding tert-OH is 1. The summed E-state index contributed by atoms with van der Waals surface area (Å²) in [6.07, 6.45) is 3.07. The largest absolute Gasteiger partial charge is 0.392 e. The molecule has 142 valence electrons. The molecule has 0 atom stereocenters. The molecule has 0 spiro atoms. The van der Waals surface area contributed by atoms with Crippen LogP contribution in [0.5, 0.6) is 0 Å². The minimum atomic E-state index is -0.719. The molecule has 0 unspecified atom stereocenters. The summed E-state index contributed by atoms with van der Waals surface area (Å²) in [4.78, 5) is 13.0. The summed E-state index contributed by atoms with van der Waals surface area (Å²) in [7, 11) is 0. The van der Waals surface area contributed by atoms with Crippen molar-refractivity contribution in [2.45, 2.75) is 20.1 Å². The van der Waals surface area contributed by atoms with Gasteiger partial charge in [-0.3, -0.25) is 4.79 Å². The van der Waals surface area contributed by atoms with Crippen molar-refractivity contribution in [1.29, 1.82) is 0 Å². The van der Waals surface area contributed by atoms with Gasteiger partial charge >= 0.3 is 0 Å². The van der Waals surface area contributed by atoms with Gasteiger partial charge in [0.2, 0.25) is 0 Å². The van der Waals surface area contributed by atoms with Crippen molar-refractivity contribution in [1.82, 2.24) is 14.2 Å². The summed E-state index contributed by atoms with van der Waals surface area (Å²) in [5, 5.41) is 14.3. The fourth-order valence-electron chi connectivity index (χ4n) is 3.20. The molecule has 0 saturated carbocycles. The van der Waals surface area contributed by atoms with E-state index in [4.69, 9.17) is 0 Å². The molecule has 7 heteroatoms. The number of nitrogens with zero attached hydrogens (tertiary/aromatic N) is 3. The maximum Gasteiger partial charge on any atom is 0.277 e. The minimum absolute atomic E-state index is 0.0582. The van der Waals surface area contributed by atoms with E-state index in [1.165, 1.54) is 21.3 Å². The highest BCUT2D eigenvalue weighted by Gasteiger charge is 2.18. The number of hydrogen-bond donors (Lipinski definition) is 1. The maximum atomic E-state index is 14.0. The van der Waals surface area contributed by atoms with Gasteiger partial charge in [-0.05, 0) is 13.0 Å². The fraction of sp³-hybridized carbons (Fsp3) is 0.143. The van der Waals surface area contributed by atoms with Gasteiger partial charge in [-0.25, -0.2) is 13.3 Å². The summed E-state index contributed by atoms with van der Waals surface area (Å²) < 4.78 is 29.8. The highest BCUT2D eigenvalue weighted by Crippen LogP contribution is 2.25. The van der Waals surface area contributed by atoms with Crippen molar-refractivity contribution < 1.29 is 13.9 Å². The zero-order valence-corrected chi connectivity index (χ0v) is 15.1. The fourth-order valence-corrected chi connectivity index (χ4v) is 3.20. The summed E-state index contributed by atoms with van der Waals surface area (Å²) in [5.74, 6) is -1.40. The van der Waals surface area contributed by atoms with E-state index in [0.29, 0.717) is 11.3 Å². The Kier molecular flexibility index (Phi) is 4.52. The first kappa shape index (κ1) is 18.1. The second-order valence-corrected chi connectivity index (χ2v) is 6.61. The highest BCUT2D eigenvalue weighted by molar-refractivity contribution is 5.72. The average molecular weight is 381 g/mol. The van der Waals surface area contributed by atoms with E-state index >= 15 is 0 Å². The molecule has 4 aromatic rings. The van der Waals surface area contributed by atoms with Crippen molar-refractivity contribution in [3.8, 4) is 11.3 Å². The third-order valence-corrected chi connectivity index (χ3v) is 4.70. The molecule has 0 saturated heterocycles. The lowest BCUT2D eigenvalue weighted by atomic mass is 10.1. The van der Waals surface area contributed by atoms with Crippen LogP contribution in [-0.2, 0) is 13.2 Å². The number of rotatable bonds is 4. The molecular weight excluding hydrogens is 364 g/mol. The van der Waals surface area contributed by atoms with Crippen LogP contribution >= 0.6 is 0 Å². The third-order valence-electron chi connectivity index (χ3n) is 4.70. The Hall–Kier alpha value is -3.32. The number of halogens is 2. The molecule has 2 heterocycles. The molecule has 0 fully saturated rings. The predicted molar refractivity (Wildman–Crippen MR) is 101 cm³/mol. The van der Waals surface area contributed by atoms with E-state index in [1.54, 1.807) is 6.20 Å². The normalized spacial score (nSPS) is 11.3. The zero-order chi connectivity index (χ0) is 19.8. The van der Waals surface area contributed by atoms with Crippen LogP contribution in [0, 0.1) is 18.6 Å². The lowest BCUT2D eigenvalue weighted by Crippen LogP contribution is -2.23. The minimum Gasteiger partial charge on any atom is -0.392 e. The second-order valence-electron chi connectivity index (χ2n) is 6.61. The van der Waals surface area contributed by atoms with Crippen molar-refractivity contribution in [3.05, 3.63) is 93.5 Å². The van der Waals surface area contributed by atoms with Crippen molar-refractivity contribution in [2.24, 2.45) is 0 Å². The molecule has 0 amide bonds. The number of aliphatic hydroxyl groups is 1. The first-order chi connectivity index (χ1) is 13.5. The van der Waals surface area contributed by atoms with E-state index in [9.17, 15) is 18.7 Å². The Morgan fingerprint density at radius 3 is 2.50 bits per heavy atom. The van der Waals surface area contributed by atoms with E-state index < -0.39 is 17.2 Å². The van der Waals surface area contributed by atoms with E-state index in [1.807, 2.05) is 31.2 Å². The third kappa shape index (κ3) is 3.10. The molecule has 0 bridgehead atoms. The van der Waals surface area contributed by atoms with Crippen LogP contribution in [0.4, 0.5) is 8.78 Å². The van der Waals surface area contributed by atoms with Gasteiger partial charge in [0.05, 0.1) is 18.8 Å². The summed E-state index contributed by atoms with van der Waals surface area (Å²) in [5.41, 5.74) is 2.80. The van der Waals surface area contributed by atoms with E-state index in [-0.39, 0.29) is 24.2 Å². The van der Waals surface area contributed by atoms with Gasteiger partial charge in [0.15, 0.2) is 0 Å². The highest BCUT2D eigenvalue weighted by atomic mass is 19.1. The van der Waals surface area contributed by atoms with E-state index in [0.717, 1.165) is 23.3 Å². The predicted octanol–water partition coefficient (Wildman–Crippen LogP) is 3.29. The summed E-state index contributed by atoms with van der Waals surface area (Å²) >= 11 is 0. The Balaban J connectivity index is 1.84. The van der Waals surface area contributed by atoms with Gasteiger partial charge in [0.25, 0.3) is 5.56 Å². The van der Waals surface area contributed by atoms with Gasteiger partial charge < -0.3 is 9.67 Å². The van der Waals surface area contributed by atoms with Gasteiger partial charge in [0, 0.05) is 35.2 Å². The molecule has 2 aromatic carbocycles. The van der Waals surface area contributed by atoms with Crippen LogP contribution in [0.3, 0.4) is 0 Å². The maximum absolute atomic E-state index is 14.0. The molecule has 28 heavy (non-hydrogen) atoms. The Bertz CT molecular complexity index is 1230. The van der Waals surface area contributed by atoms with Gasteiger partial charge in [-0.1, -0.05) is 35.9 Å². The molecule has 0 aliphatic carbocycles. The number of fused-ring (bicyclic) bond motifs is 1. The molecule has 4 rings (SSSR count). The Labute approximate surface area is 159 Å². The van der Waals surface area contributed by atoms with Crippen molar-refractivity contribution in [2.75, 3.05) is 0 Å². The molecule has 1 N–H and O–H groups in total. The number of aryl methyl sites for hydroxylation is 1. The lowest BCUT2D eigenvalue weighted by molar-refractivity contribution is 0.283. The average Bonchev–Trinajstić information content (AvgIpc) is 3.06. The smallest absolute Gasteiger partial charge is 0.277 e. The molecule has 5 nitrogen and oxygen atoms in total. The summed E-state index contributed by atoms with van der Waals surface area (Å²) in [6.45, 7) is 1.54. The molecular formula is C21H17F2N3O2. The van der Waals surface area contributed by atoms with Crippen LogP contribution in [0.2, 0.25) is 0 Å². The number of benzene rings is 2. The number of hydrogen-bond acceptors (Lipinski definition) is 3. The van der Waals surface area contributed by atoms with Gasteiger partial charge in [0.1, 0.15) is 17.2 Å². The van der Waals surface area contributed by atoms with Crippen LogP contribution in [-0.4, -0.2) is 19.3 Å². The Morgan fingerprint density at radius 1 is 1.07 bits per heavy atom. The topological polar surface area (TPSA) is 59.5 Å². The zero-order valence-electron chi connectivity index (χ0n) is 15.1. The molecule has 0 radical (unpaired) electrons. The SMILES string of the molecule is Cc1ccc(-c2nn3ccn(Cc4ccc(F)cc4F)c(=O)c3c2CO)cc1. The quantitative estimate of drug-likeness (QED) is 0.590. The van der Waals surface area contributed by atoms with Crippen LogP contribution in [0.25, 0.3) is 16.8 Å². The van der Waals surface area contributed by atoms with Gasteiger partial charge in [-0.15, -0.1) is 0 Å². The molecule has 0 aliphatic heterocycles. The standard InChI is InChI=1S/C21H17F2N3O2/c1-13-2-4-14(5-3-13)19-17(12-27)20-21(28)25(8-9-26(20)24-19)11-15-6-7-16(22)10-18(15)23/h2-10,27H,11-12H2,1H3. The molecule has 0 aliphatic rings. The van der Waals surface area contributed by atoms with Crippen molar-refractivity contribution >= 4 is 5.52 Å². The Morgan fingerprint density at radius 2 is 1.82 bits per heavy atom. The number of aromatic nitrogens is 3. The lowest BCUT2D eigenvalue weighted by Gasteiger charge is -2.08. The first-order valence-corrected chi connectivity index (χ1v) is 8.70. The van der Waals surface area contributed by atoms with Crippen LogP contribution < -0.4 is 5.56 Å². The summed E-state index contributed by atoms with van der Waals surface area (Å²) in [6, 6.07) is 10.8. The van der Waals surface area contributed by atoms with Gasteiger partial charge in [-0.2, -0.15) is 5.10 Å². The van der Waals surface area contributed by atoms with Crippen LogP contribution in [0.1, 0.15) is 16.7 Å². The van der Waals surface area contributed by atoms with Crippen LogP contribution in [0.15, 0.2) is 59.7 Å². The van der Waals surface area contributed by atoms with Crippen molar-refractivity contribution in [3.63, 3.8) is 0 Å². The first-order valence-electron chi connectivity index (χ1n) is 8.70.